The van der Waals surface area contributed by atoms with Crippen molar-refractivity contribution < 1.29 is 19.0 Å². The van der Waals surface area contributed by atoms with Crippen LogP contribution in [0.15, 0.2) is 47.1 Å². The quantitative estimate of drug-likeness (QED) is 0.475. The number of halogens is 1. The van der Waals surface area contributed by atoms with Crippen LogP contribution in [0.1, 0.15) is 37.0 Å². The summed E-state index contributed by atoms with van der Waals surface area (Å²) in [5.41, 5.74) is 2.70. The van der Waals surface area contributed by atoms with Gasteiger partial charge in [-0.1, -0.05) is 36.2 Å². The predicted molar refractivity (Wildman–Crippen MR) is 110 cm³/mol. The summed E-state index contributed by atoms with van der Waals surface area (Å²) in [7, 11) is 0. The highest BCUT2D eigenvalue weighted by atomic mass is 35.5. The summed E-state index contributed by atoms with van der Waals surface area (Å²) in [5.74, 6) is 0.825. The monoisotopic (exact) mass is 399 g/mol. The van der Waals surface area contributed by atoms with Crippen molar-refractivity contribution in [1.82, 2.24) is 0 Å². The summed E-state index contributed by atoms with van der Waals surface area (Å²) in [4.78, 5) is 16.6. The third kappa shape index (κ3) is 4.54. The lowest BCUT2D eigenvalue weighted by Gasteiger charge is -2.14. The Labute approximate surface area is 169 Å². The molecule has 0 amide bonds. The van der Waals surface area contributed by atoms with Gasteiger partial charge in [0.15, 0.2) is 17.2 Å². The normalized spacial score (nSPS) is 14.8. The highest BCUT2D eigenvalue weighted by molar-refractivity contribution is 6.32. The molecule has 0 bridgehead atoms. The van der Waals surface area contributed by atoms with Gasteiger partial charge in [-0.2, -0.15) is 0 Å². The Morgan fingerprint density at radius 2 is 2.00 bits per heavy atom. The number of cyclic esters (lactones) is 1. The molecule has 3 rings (SSSR count). The van der Waals surface area contributed by atoms with Gasteiger partial charge in [0.05, 0.1) is 18.2 Å². The molecular formula is C22H22ClNO4. The Bertz CT molecular complexity index is 950. The number of nitrogens with zero attached hydrogens (tertiary/aromatic N) is 1. The van der Waals surface area contributed by atoms with Gasteiger partial charge in [-0.25, -0.2) is 9.79 Å². The molecule has 5 nitrogen and oxygen atoms in total. The van der Waals surface area contributed by atoms with E-state index in [1.165, 1.54) is 0 Å². The van der Waals surface area contributed by atoms with Crippen LogP contribution in [0.5, 0.6) is 11.5 Å². The lowest BCUT2D eigenvalue weighted by molar-refractivity contribution is -0.129. The first-order chi connectivity index (χ1) is 13.5. The number of carbonyl (C=O) groups is 1. The summed E-state index contributed by atoms with van der Waals surface area (Å²) in [6.07, 6.45) is 2.49. The largest absolute Gasteiger partial charge is 0.490 e. The molecule has 0 N–H and O–H groups in total. The van der Waals surface area contributed by atoms with Crippen LogP contribution in [-0.2, 0) is 9.53 Å². The van der Waals surface area contributed by atoms with Gasteiger partial charge in [-0.15, -0.1) is 0 Å². The van der Waals surface area contributed by atoms with E-state index in [2.05, 4.69) is 4.99 Å². The number of hydrogen-bond donors (Lipinski definition) is 0. The first kappa shape index (κ1) is 20.0. The molecule has 2 aromatic carbocycles. The van der Waals surface area contributed by atoms with Crippen molar-refractivity contribution >= 4 is 29.5 Å². The molecule has 0 atom stereocenters. The van der Waals surface area contributed by atoms with Crippen LogP contribution in [0.4, 0.5) is 0 Å². The fraction of sp³-hybridized carbons (Fsp3) is 0.273. The van der Waals surface area contributed by atoms with E-state index in [-0.39, 0.29) is 5.70 Å². The standard InChI is InChI=1S/C22H22ClNO4/c1-4-9-27-20-17(23)11-15(13-19(20)26-5-2)12-18-22(25)28-21(24-18)16-8-6-7-14(3)10-16/h6-8,10-13H,4-5,9H2,1-3H3/b18-12+. The number of carbonyl (C=O) groups excluding carboxylic acids is 1. The Morgan fingerprint density at radius 1 is 1.18 bits per heavy atom. The van der Waals surface area contributed by atoms with E-state index in [1.807, 2.05) is 45.0 Å². The molecule has 0 aromatic heterocycles. The first-order valence-corrected chi connectivity index (χ1v) is 9.58. The van der Waals surface area contributed by atoms with E-state index in [1.54, 1.807) is 18.2 Å². The van der Waals surface area contributed by atoms with Crippen LogP contribution >= 0.6 is 11.6 Å². The highest BCUT2D eigenvalue weighted by Gasteiger charge is 2.24. The molecule has 1 heterocycles. The third-order valence-corrected chi connectivity index (χ3v) is 4.25. The summed E-state index contributed by atoms with van der Waals surface area (Å²) in [6, 6.07) is 11.1. The van der Waals surface area contributed by atoms with E-state index in [0.29, 0.717) is 41.2 Å². The van der Waals surface area contributed by atoms with E-state index in [9.17, 15) is 4.79 Å². The number of ether oxygens (including phenoxy) is 3. The average Bonchev–Trinajstić information content (AvgIpc) is 3.02. The molecule has 6 heteroatoms. The fourth-order valence-electron chi connectivity index (χ4n) is 2.75. The van der Waals surface area contributed by atoms with Gasteiger partial charge in [-0.3, -0.25) is 0 Å². The van der Waals surface area contributed by atoms with Crippen LogP contribution in [0.3, 0.4) is 0 Å². The van der Waals surface area contributed by atoms with Gasteiger partial charge in [0.2, 0.25) is 5.90 Å². The molecule has 0 fully saturated rings. The highest BCUT2D eigenvalue weighted by Crippen LogP contribution is 2.37. The van der Waals surface area contributed by atoms with Gasteiger partial charge in [0, 0.05) is 5.56 Å². The first-order valence-electron chi connectivity index (χ1n) is 9.20. The Morgan fingerprint density at radius 3 is 2.71 bits per heavy atom. The number of aliphatic imine (C=N–C) groups is 1. The number of aryl methyl sites for hydroxylation is 1. The predicted octanol–water partition coefficient (Wildman–Crippen LogP) is 5.18. The maximum Gasteiger partial charge on any atom is 0.363 e. The maximum atomic E-state index is 12.3. The number of rotatable bonds is 7. The third-order valence-electron chi connectivity index (χ3n) is 3.97. The van der Waals surface area contributed by atoms with E-state index < -0.39 is 5.97 Å². The molecule has 2 aromatic rings. The summed E-state index contributed by atoms with van der Waals surface area (Å²) in [5, 5.41) is 0.417. The molecule has 1 aliphatic rings. The number of hydrogen-bond acceptors (Lipinski definition) is 5. The van der Waals surface area contributed by atoms with Gasteiger partial charge in [0.25, 0.3) is 0 Å². The smallest absolute Gasteiger partial charge is 0.363 e. The molecule has 0 spiro atoms. The van der Waals surface area contributed by atoms with Crippen molar-refractivity contribution in [3.8, 4) is 11.5 Å². The second-order valence-electron chi connectivity index (χ2n) is 6.32. The molecule has 0 aliphatic carbocycles. The zero-order chi connectivity index (χ0) is 20.1. The molecule has 146 valence electrons. The van der Waals surface area contributed by atoms with E-state index in [0.717, 1.165) is 17.5 Å². The van der Waals surface area contributed by atoms with Crippen LogP contribution < -0.4 is 9.47 Å². The second-order valence-corrected chi connectivity index (χ2v) is 6.72. The molecule has 0 radical (unpaired) electrons. The minimum atomic E-state index is -0.503. The molecule has 0 saturated heterocycles. The lowest BCUT2D eigenvalue weighted by atomic mass is 10.1. The fourth-order valence-corrected chi connectivity index (χ4v) is 3.02. The minimum absolute atomic E-state index is 0.206. The Hall–Kier alpha value is -2.79. The Kier molecular flexibility index (Phi) is 6.37. The lowest BCUT2D eigenvalue weighted by Crippen LogP contribution is -2.05. The Balaban J connectivity index is 1.94. The van der Waals surface area contributed by atoms with Crippen molar-refractivity contribution in [1.29, 1.82) is 0 Å². The summed E-state index contributed by atoms with van der Waals surface area (Å²) < 4.78 is 16.7. The van der Waals surface area contributed by atoms with Crippen molar-refractivity contribution in [2.75, 3.05) is 13.2 Å². The van der Waals surface area contributed by atoms with Crippen molar-refractivity contribution in [3.05, 3.63) is 63.8 Å². The molecule has 0 saturated carbocycles. The average molecular weight is 400 g/mol. The van der Waals surface area contributed by atoms with Gasteiger partial charge < -0.3 is 14.2 Å². The molecule has 0 unspecified atom stereocenters. The van der Waals surface area contributed by atoms with E-state index >= 15 is 0 Å². The van der Waals surface area contributed by atoms with Crippen LogP contribution in [0, 0.1) is 6.92 Å². The molecular weight excluding hydrogens is 378 g/mol. The van der Waals surface area contributed by atoms with Gasteiger partial charge in [-0.05, 0) is 56.2 Å². The van der Waals surface area contributed by atoms with Crippen LogP contribution in [-0.4, -0.2) is 25.1 Å². The number of benzene rings is 2. The topological polar surface area (TPSA) is 57.1 Å². The van der Waals surface area contributed by atoms with Crippen molar-refractivity contribution in [3.63, 3.8) is 0 Å². The minimum Gasteiger partial charge on any atom is -0.490 e. The molecule has 1 aliphatic heterocycles. The molecule has 28 heavy (non-hydrogen) atoms. The van der Waals surface area contributed by atoms with Crippen LogP contribution in [0.25, 0.3) is 6.08 Å². The van der Waals surface area contributed by atoms with Gasteiger partial charge >= 0.3 is 5.97 Å². The van der Waals surface area contributed by atoms with Crippen molar-refractivity contribution in [2.24, 2.45) is 4.99 Å². The number of esters is 1. The zero-order valence-electron chi connectivity index (χ0n) is 16.1. The van der Waals surface area contributed by atoms with Crippen molar-refractivity contribution in [2.45, 2.75) is 27.2 Å². The SMILES string of the molecule is CCCOc1c(Cl)cc(/C=C2/N=C(c3cccc(C)c3)OC2=O)cc1OCC. The summed E-state index contributed by atoms with van der Waals surface area (Å²) >= 11 is 6.38. The van der Waals surface area contributed by atoms with Crippen LogP contribution in [0.2, 0.25) is 5.02 Å². The maximum absolute atomic E-state index is 12.3. The second kappa shape index (κ2) is 8.93. The van der Waals surface area contributed by atoms with E-state index in [4.69, 9.17) is 25.8 Å². The summed E-state index contributed by atoms with van der Waals surface area (Å²) in [6.45, 7) is 6.88. The zero-order valence-corrected chi connectivity index (χ0v) is 16.9. The van der Waals surface area contributed by atoms with Gasteiger partial charge in [0.1, 0.15) is 0 Å².